The van der Waals surface area contributed by atoms with Gasteiger partial charge in [0, 0.05) is 18.0 Å². The fourth-order valence-electron chi connectivity index (χ4n) is 2.64. The summed E-state index contributed by atoms with van der Waals surface area (Å²) in [4.78, 5) is 25.8. The lowest BCUT2D eigenvalue weighted by Gasteiger charge is -2.27. The summed E-state index contributed by atoms with van der Waals surface area (Å²) in [5.41, 5.74) is -1.93. The number of carbonyl (C=O) groups excluding carboxylic acids is 1. The summed E-state index contributed by atoms with van der Waals surface area (Å²) in [5, 5.41) is 9.00. The Kier molecular flexibility index (Phi) is 4.25. The van der Waals surface area contributed by atoms with E-state index in [-0.39, 0.29) is 6.54 Å². The predicted octanol–water partition coefficient (Wildman–Crippen LogP) is 3.10. The largest absolute Gasteiger partial charge is 0.481 e. The molecule has 2 heterocycles. The molecule has 1 fully saturated rings. The number of aliphatic carboxylic acids is 1. The van der Waals surface area contributed by atoms with Crippen LogP contribution in [0.5, 0.6) is 0 Å². The summed E-state index contributed by atoms with van der Waals surface area (Å²) in [6.07, 6.45) is -4.75. The molecular weight excluding hydrogens is 319 g/mol. The molecule has 0 spiro atoms. The molecule has 0 bridgehead atoms. The number of thiophene rings is 1. The molecule has 1 aromatic heterocycles. The van der Waals surface area contributed by atoms with E-state index >= 15 is 0 Å². The Hall–Kier alpha value is -1.57. The Bertz CT molecular complexity index is 611. The van der Waals surface area contributed by atoms with Gasteiger partial charge in [-0.1, -0.05) is 6.92 Å². The Labute approximate surface area is 129 Å². The first kappa shape index (κ1) is 16.8. The van der Waals surface area contributed by atoms with Crippen LogP contribution >= 0.6 is 11.3 Å². The van der Waals surface area contributed by atoms with Crippen molar-refractivity contribution in [2.45, 2.75) is 32.9 Å². The lowest BCUT2D eigenvalue weighted by Crippen LogP contribution is -2.47. The second kappa shape index (κ2) is 5.57. The van der Waals surface area contributed by atoms with Crippen molar-refractivity contribution < 1.29 is 27.9 Å². The second-order valence-electron chi connectivity index (χ2n) is 5.43. The Balaban J connectivity index is 2.25. The van der Waals surface area contributed by atoms with E-state index in [1.807, 2.05) is 13.8 Å². The van der Waals surface area contributed by atoms with Gasteiger partial charge in [0.25, 0.3) is 5.91 Å². The molecule has 0 saturated carbocycles. The van der Waals surface area contributed by atoms with Crippen LogP contribution in [0.2, 0.25) is 0 Å². The Morgan fingerprint density at radius 2 is 2.09 bits per heavy atom. The van der Waals surface area contributed by atoms with Crippen LogP contribution in [-0.4, -0.2) is 41.1 Å². The maximum atomic E-state index is 13.1. The van der Waals surface area contributed by atoms with Crippen LogP contribution in [0.15, 0.2) is 6.07 Å². The van der Waals surface area contributed by atoms with Gasteiger partial charge in [0.1, 0.15) is 0 Å². The zero-order chi connectivity index (χ0) is 16.7. The van der Waals surface area contributed by atoms with Crippen LogP contribution in [0.25, 0.3) is 0 Å². The van der Waals surface area contributed by atoms with Crippen molar-refractivity contribution in [2.24, 2.45) is 5.41 Å². The van der Waals surface area contributed by atoms with Crippen LogP contribution in [0.1, 0.15) is 33.5 Å². The standard InChI is InChI=1S/C14H16F3NO3S/c1-3-9-8(2)6-10(22-9)11(19)18-5-4-13(7-18,12(20)21)14(15,16)17/h6H,3-5,7H2,1-2H3,(H,20,21). The number of nitrogens with zero attached hydrogens (tertiary/aromatic N) is 1. The SMILES string of the molecule is CCc1sc(C(=O)N2CCC(C(=O)O)(C(F)(F)F)C2)cc1C. The van der Waals surface area contributed by atoms with Gasteiger partial charge >= 0.3 is 12.1 Å². The van der Waals surface area contributed by atoms with Crippen LogP contribution in [0.4, 0.5) is 13.2 Å². The van der Waals surface area contributed by atoms with Crippen LogP contribution < -0.4 is 0 Å². The molecule has 2 rings (SSSR count). The molecule has 1 aliphatic rings. The molecule has 0 aromatic carbocycles. The molecule has 1 amide bonds. The number of likely N-dealkylation sites (tertiary alicyclic amines) is 1. The highest BCUT2D eigenvalue weighted by atomic mass is 32.1. The van der Waals surface area contributed by atoms with Crippen molar-refractivity contribution in [3.05, 3.63) is 21.4 Å². The minimum absolute atomic E-state index is 0.205. The summed E-state index contributed by atoms with van der Waals surface area (Å²) in [6, 6.07) is 1.65. The number of amides is 1. The van der Waals surface area contributed by atoms with Crippen molar-refractivity contribution in [2.75, 3.05) is 13.1 Å². The van der Waals surface area contributed by atoms with Gasteiger partial charge in [-0.05, 0) is 31.4 Å². The quantitative estimate of drug-likeness (QED) is 0.923. The zero-order valence-corrected chi connectivity index (χ0v) is 13.0. The van der Waals surface area contributed by atoms with Crippen LogP contribution in [0, 0.1) is 12.3 Å². The first-order chi connectivity index (χ1) is 10.1. The first-order valence-corrected chi connectivity index (χ1v) is 7.62. The molecule has 0 radical (unpaired) electrons. The van der Waals surface area contributed by atoms with Crippen molar-refractivity contribution in [3.8, 4) is 0 Å². The molecule has 122 valence electrons. The van der Waals surface area contributed by atoms with Gasteiger partial charge in [0.2, 0.25) is 0 Å². The summed E-state index contributed by atoms with van der Waals surface area (Å²) < 4.78 is 39.3. The number of carbonyl (C=O) groups is 2. The van der Waals surface area contributed by atoms with Gasteiger partial charge in [-0.15, -0.1) is 11.3 Å². The highest BCUT2D eigenvalue weighted by molar-refractivity contribution is 7.14. The minimum Gasteiger partial charge on any atom is -0.481 e. The number of carboxylic acids is 1. The normalized spacial score (nSPS) is 22.1. The number of rotatable bonds is 3. The van der Waals surface area contributed by atoms with E-state index in [2.05, 4.69) is 0 Å². The minimum atomic E-state index is -4.88. The lowest BCUT2D eigenvalue weighted by atomic mass is 9.86. The smallest absolute Gasteiger partial charge is 0.406 e. The molecule has 8 heteroatoms. The molecule has 22 heavy (non-hydrogen) atoms. The topological polar surface area (TPSA) is 57.6 Å². The number of carboxylic acid groups (broad SMARTS) is 1. The molecule has 4 nitrogen and oxygen atoms in total. The number of aryl methyl sites for hydroxylation is 2. The number of alkyl halides is 3. The highest BCUT2D eigenvalue weighted by Gasteiger charge is 2.64. The van der Waals surface area contributed by atoms with Gasteiger partial charge in [-0.2, -0.15) is 13.2 Å². The molecule has 1 unspecified atom stereocenters. The first-order valence-electron chi connectivity index (χ1n) is 6.81. The van der Waals surface area contributed by atoms with Gasteiger partial charge in [-0.3, -0.25) is 9.59 Å². The Morgan fingerprint density at radius 3 is 2.50 bits per heavy atom. The fraction of sp³-hybridized carbons (Fsp3) is 0.571. The van der Waals surface area contributed by atoms with Gasteiger partial charge < -0.3 is 10.0 Å². The number of halogens is 3. The van der Waals surface area contributed by atoms with E-state index in [1.54, 1.807) is 6.07 Å². The van der Waals surface area contributed by atoms with E-state index in [1.165, 1.54) is 11.3 Å². The van der Waals surface area contributed by atoms with E-state index in [9.17, 15) is 22.8 Å². The average molecular weight is 335 g/mol. The van der Waals surface area contributed by atoms with Crippen molar-refractivity contribution in [1.29, 1.82) is 0 Å². The summed E-state index contributed by atoms with van der Waals surface area (Å²) >= 11 is 1.25. The van der Waals surface area contributed by atoms with Crippen molar-refractivity contribution in [3.63, 3.8) is 0 Å². The second-order valence-corrected chi connectivity index (χ2v) is 6.57. The van der Waals surface area contributed by atoms with Crippen molar-refractivity contribution in [1.82, 2.24) is 4.90 Å². The molecule has 1 saturated heterocycles. The third kappa shape index (κ3) is 2.60. The van der Waals surface area contributed by atoms with E-state index in [0.29, 0.717) is 4.88 Å². The molecule has 1 N–H and O–H groups in total. The van der Waals surface area contributed by atoms with Gasteiger partial charge in [0.05, 0.1) is 4.88 Å². The summed E-state index contributed by atoms with van der Waals surface area (Å²) in [7, 11) is 0. The molecule has 1 atom stereocenters. The third-order valence-electron chi connectivity index (χ3n) is 4.06. The maximum Gasteiger partial charge on any atom is 0.406 e. The summed E-state index contributed by atoms with van der Waals surface area (Å²) in [6.45, 7) is 2.74. The fourth-order valence-corrected chi connectivity index (χ4v) is 3.72. The van der Waals surface area contributed by atoms with E-state index in [0.717, 1.165) is 21.8 Å². The highest BCUT2D eigenvalue weighted by Crippen LogP contribution is 2.46. The zero-order valence-electron chi connectivity index (χ0n) is 12.2. The van der Waals surface area contributed by atoms with Crippen molar-refractivity contribution >= 4 is 23.2 Å². The monoisotopic (exact) mass is 335 g/mol. The molecule has 1 aliphatic heterocycles. The summed E-state index contributed by atoms with van der Waals surface area (Å²) in [5.74, 6) is -2.45. The molecule has 1 aromatic rings. The van der Waals surface area contributed by atoms with E-state index < -0.39 is 36.4 Å². The van der Waals surface area contributed by atoms with Gasteiger partial charge in [0.15, 0.2) is 5.41 Å². The number of hydrogen-bond donors (Lipinski definition) is 1. The average Bonchev–Trinajstić information content (AvgIpc) is 3.01. The van der Waals surface area contributed by atoms with E-state index in [4.69, 9.17) is 5.11 Å². The Morgan fingerprint density at radius 1 is 1.45 bits per heavy atom. The molecular formula is C14H16F3NO3S. The third-order valence-corrected chi connectivity index (χ3v) is 5.43. The van der Waals surface area contributed by atoms with Crippen LogP contribution in [0.3, 0.4) is 0 Å². The lowest BCUT2D eigenvalue weighted by molar-refractivity contribution is -0.227. The number of hydrogen-bond acceptors (Lipinski definition) is 3. The predicted molar refractivity (Wildman–Crippen MR) is 75.1 cm³/mol. The molecule has 0 aliphatic carbocycles. The maximum absolute atomic E-state index is 13.1. The van der Waals surface area contributed by atoms with Crippen LogP contribution in [-0.2, 0) is 11.2 Å². The van der Waals surface area contributed by atoms with Gasteiger partial charge in [-0.25, -0.2) is 0 Å².